The zero-order chi connectivity index (χ0) is 13.9. The third-order valence-corrected chi connectivity index (χ3v) is 4.06. The molecule has 0 amide bonds. The third-order valence-electron chi connectivity index (χ3n) is 3.09. The summed E-state index contributed by atoms with van der Waals surface area (Å²) < 4.78 is 1.01. The second kappa shape index (κ2) is 5.81. The number of para-hydroxylation sites is 1. The molecular formula is C16H12BrClN2. The molecule has 0 unspecified atom stereocenters. The van der Waals surface area contributed by atoms with Gasteiger partial charge in [0.15, 0.2) is 0 Å². The van der Waals surface area contributed by atoms with E-state index in [1.807, 2.05) is 42.6 Å². The molecule has 0 spiro atoms. The van der Waals surface area contributed by atoms with Crippen molar-refractivity contribution >= 4 is 44.1 Å². The van der Waals surface area contributed by atoms with Gasteiger partial charge >= 0.3 is 0 Å². The number of benzene rings is 2. The molecule has 0 fully saturated rings. The van der Waals surface area contributed by atoms with E-state index in [0.29, 0.717) is 0 Å². The monoisotopic (exact) mass is 346 g/mol. The molecule has 2 nitrogen and oxygen atoms in total. The minimum atomic E-state index is 0.720. The number of hydrogen-bond donors (Lipinski definition) is 1. The Balaban J connectivity index is 1.79. The molecule has 0 aliphatic heterocycles. The highest BCUT2D eigenvalue weighted by molar-refractivity contribution is 9.10. The Labute approximate surface area is 130 Å². The summed E-state index contributed by atoms with van der Waals surface area (Å²) in [4.78, 5) is 4.43. The van der Waals surface area contributed by atoms with Gasteiger partial charge in [-0.15, -0.1) is 0 Å². The van der Waals surface area contributed by atoms with Gasteiger partial charge in [-0.3, -0.25) is 4.98 Å². The lowest BCUT2D eigenvalue weighted by atomic mass is 10.2. The molecule has 100 valence electrons. The van der Waals surface area contributed by atoms with Gasteiger partial charge in [-0.1, -0.05) is 51.8 Å². The van der Waals surface area contributed by atoms with Crippen LogP contribution >= 0.6 is 27.5 Å². The first-order chi connectivity index (χ1) is 9.72. The van der Waals surface area contributed by atoms with Crippen molar-refractivity contribution in [2.75, 3.05) is 5.32 Å². The Morgan fingerprint density at radius 3 is 2.80 bits per heavy atom. The van der Waals surface area contributed by atoms with E-state index in [-0.39, 0.29) is 0 Å². The average molecular weight is 348 g/mol. The van der Waals surface area contributed by atoms with Crippen molar-refractivity contribution in [1.29, 1.82) is 0 Å². The predicted octanol–water partition coefficient (Wildman–Crippen LogP) is 5.26. The molecule has 3 rings (SSSR count). The van der Waals surface area contributed by atoms with E-state index in [4.69, 9.17) is 11.6 Å². The zero-order valence-corrected chi connectivity index (χ0v) is 12.9. The largest absolute Gasteiger partial charge is 0.380 e. The van der Waals surface area contributed by atoms with Gasteiger partial charge in [-0.25, -0.2) is 0 Å². The van der Waals surface area contributed by atoms with E-state index < -0.39 is 0 Å². The second-order valence-corrected chi connectivity index (χ2v) is 5.80. The predicted molar refractivity (Wildman–Crippen MR) is 88.2 cm³/mol. The van der Waals surface area contributed by atoms with E-state index in [9.17, 15) is 0 Å². The van der Waals surface area contributed by atoms with Crippen LogP contribution in [0.15, 0.2) is 59.2 Å². The maximum atomic E-state index is 5.94. The molecule has 0 saturated heterocycles. The molecule has 0 atom stereocenters. The van der Waals surface area contributed by atoms with Gasteiger partial charge in [-0.2, -0.15) is 0 Å². The molecule has 0 radical (unpaired) electrons. The first-order valence-electron chi connectivity index (χ1n) is 6.25. The van der Waals surface area contributed by atoms with E-state index in [2.05, 4.69) is 38.4 Å². The lowest BCUT2D eigenvalue weighted by Crippen LogP contribution is -2.00. The van der Waals surface area contributed by atoms with Crippen LogP contribution in [-0.2, 0) is 6.54 Å². The van der Waals surface area contributed by atoms with Crippen LogP contribution in [0.25, 0.3) is 10.9 Å². The highest BCUT2D eigenvalue weighted by Gasteiger charge is 2.02. The fourth-order valence-corrected chi connectivity index (χ4v) is 2.85. The van der Waals surface area contributed by atoms with Gasteiger partial charge < -0.3 is 5.32 Å². The lowest BCUT2D eigenvalue weighted by molar-refractivity contribution is 1.13. The molecule has 3 aromatic rings. The van der Waals surface area contributed by atoms with Gasteiger partial charge in [0.05, 0.1) is 17.4 Å². The van der Waals surface area contributed by atoms with Gasteiger partial charge in [0.2, 0.25) is 0 Å². The van der Waals surface area contributed by atoms with Crippen LogP contribution in [0.2, 0.25) is 5.02 Å². The molecule has 1 N–H and O–H groups in total. The number of aromatic nitrogens is 1. The van der Waals surface area contributed by atoms with Crippen LogP contribution in [0, 0.1) is 0 Å². The number of fused-ring (bicyclic) bond motifs is 1. The standard InChI is InChI=1S/C16H12BrClN2/c17-15-8-13(18)6-5-12(15)9-19-14-7-11-3-1-2-4-16(11)20-10-14/h1-8,10,19H,9H2. The summed E-state index contributed by atoms with van der Waals surface area (Å²) in [5.41, 5.74) is 3.17. The fourth-order valence-electron chi connectivity index (χ4n) is 2.03. The number of anilines is 1. The van der Waals surface area contributed by atoms with Crippen molar-refractivity contribution in [2.24, 2.45) is 0 Å². The Morgan fingerprint density at radius 2 is 1.95 bits per heavy atom. The van der Waals surface area contributed by atoms with Gasteiger partial charge in [0, 0.05) is 21.4 Å². The van der Waals surface area contributed by atoms with Crippen LogP contribution in [0.3, 0.4) is 0 Å². The van der Waals surface area contributed by atoms with Crippen LogP contribution in [0.4, 0.5) is 5.69 Å². The molecule has 0 aliphatic rings. The van der Waals surface area contributed by atoms with Crippen LogP contribution < -0.4 is 5.32 Å². The van der Waals surface area contributed by atoms with E-state index in [1.165, 1.54) is 0 Å². The van der Waals surface area contributed by atoms with Crippen molar-refractivity contribution in [3.63, 3.8) is 0 Å². The van der Waals surface area contributed by atoms with Crippen LogP contribution in [0.1, 0.15) is 5.56 Å². The molecule has 1 aromatic heterocycles. The van der Waals surface area contributed by atoms with Crippen LogP contribution in [0.5, 0.6) is 0 Å². The van der Waals surface area contributed by atoms with Gasteiger partial charge in [0.25, 0.3) is 0 Å². The summed E-state index contributed by atoms with van der Waals surface area (Å²) in [6.07, 6.45) is 1.85. The Morgan fingerprint density at radius 1 is 1.10 bits per heavy atom. The smallest absolute Gasteiger partial charge is 0.0703 e. The molecule has 20 heavy (non-hydrogen) atoms. The number of nitrogens with one attached hydrogen (secondary N) is 1. The summed E-state index contributed by atoms with van der Waals surface area (Å²) in [5, 5.41) is 5.24. The molecule has 0 aliphatic carbocycles. The molecule has 4 heteroatoms. The quantitative estimate of drug-likeness (QED) is 0.699. The topological polar surface area (TPSA) is 24.9 Å². The fraction of sp³-hybridized carbons (Fsp3) is 0.0625. The van der Waals surface area contributed by atoms with Crippen molar-refractivity contribution in [1.82, 2.24) is 4.98 Å². The van der Waals surface area contributed by atoms with Crippen molar-refractivity contribution in [3.8, 4) is 0 Å². The zero-order valence-electron chi connectivity index (χ0n) is 10.6. The van der Waals surface area contributed by atoms with Crippen molar-refractivity contribution in [3.05, 3.63) is 69.8 Å². The van der Waals surface area contributed by atoms with E-state index >= 15 is 0 Å². The summed E-state index contributed by atoms with van der Waals surface area (Å²) in [6.45, 7) is 0.720. The number of halogens is 2. The Hall–Kier alpha value is -1.58. The molecule has 0 bridgehead atoms. The molecule has 2 aromatic carbocycles. The van der Waals surface area contributed by atoms with E-state index in [0.717, 1.165) is 38.2 Å². The maximum absolute atomic E-state index is 5.94. The minimum Gasteiger partial charge on any atom is -0.380 e. The minimum absolute atomic E-state index is 0.720. The highest BCUT2D eigenvalue weighted by Crippen LogP contribution is 2.23. The summed E-state index contributed by atoms with van der Waals surface area (Å²) in [6, 6.07) is 16.0. The van der Waals surface area contributed by atoms with Gasteiger partial charge in [-0.05, 0) is 29.8 Å². The second-order valence-electron chi connectivity index (χ2n) is 4.51. The number of rotatable bonds is 3. The molecule has 0 saturated carbocycles. The number of pyridine rings is 1. The third kappa shape index (κ3) is 2.94. The SMILES string of the molecule is Clc1ccc(CNc2cnc3ccccc3c2)c(Br)c1. The first-order valence-corrected chi connectivity index (χ1v) is 7.42. The molecule has 1 heterocycles. The number of nitrogens with zero attached hydrogens (tertiary/aromatic N) is 1. The van der Waals surface area contributed by atoms with Crippen molar-refractivity contribution in [2.45, 2.75) is 6.54 Å². The van der Waals surface area contributed by atoms with Crippen LogP contribution in [-0.4, -0.2) is 4.98 Å². The average Bonchev–Trinajstić information content (AvgIpc) is 2.46. The lowest BCUT2D eigenvalue weighted by Gasteiger charge is -2.09. The van der Waals surface area contributed by atoms with Gasteiger partial charge in [0.1, 0.15) is 0 Å². The normalized spacial score (nSPS) is 10.7. The summed E-state index contributed by atoms with van der Waals surface area (Å²) in [5.74, 6) is 0. The Bertz CT molecular complexity index is 758. The Kier molecular flexibility index (Phi) is 3.90. The summed E-state index contributed by atoms with van der Waals surface area (Å²) in [7, 11) is 0. The first kappa shape index (κ1) is 13.4. The van der Waals surface area contributed by atoms with Crippen molar-refractivity contribution < 1.29 is 0 Å². The summed E-state index contributed by atoms with van der Waals surface area (Å²) >= 11 is 9.46. The molecular weight excluding hydrogens is 336 g/mol. The number of hydrogen-bond acceptors (Lipinski definition) is 2. The van der Waals surface area contributed by atoms with E-state index in [1.54, 1.807) is 0 Å². The highest BCUT2D eigenvalue weighted by atomic mass is 79.9. The maximum Gasteiger partial charge on any atom is 0.0703 e.